The highest BCUT2D eigenvalue weighted by Crippen LogP contribution is 2.31. The Morgan fingerprint density at radius 2 is 2.08 bits per heavy atom. The van der Waals surface area contributed by atoms with E-state index in [2.05, 4.69) is 0 Å². The summed E-state index contributed by atoms with van der Waals surface area (Å²) in [7, 11) is 0. The molecule has 1 heterocycles. The molecule has 3 rings (SSSR count). The molecule has 0 saturated carbocycles. The van der Waals surface area contributed by atoms with Gasteiger partial charge in [0.25, 0.3) is 5.69 Å². The Balaban J connectivity index is 1.64. The fourth-order valence-corrected chi connectivity index (χ4v) is 2.90. The van der Waals surface area contributed by atoms with Crippen LogP contribution < -0.4 is 9.47 Å². The Morgan fingerprint density at radius 1 is 1.32 bits per heavy atom. The number of carbonyl (C=O) groups excluding carboxylic acids is 1. The summed E-state index contributed by atoms with van der Waals surface area (Å²) in [4.78, 5) is 23.2. The summed E-state index contributed by atoms with van der Waals surface area (Å²) >= 11 is 1.24. The number of nitro groups is 1. The highest BCUT2D eigenvalue weighted by atomic mass is 32.2. The van der Waals surface area contributed by atoms with Crippen molar-refractivity contribution in [2.75, 3.05) is 19.5 Å². The fraction of sp³-hybridized carbons (Fsp3) is 0.235. The third kappa shape index (κ3) is 3.85. The standard InChI is InChI=1S/C17H15NO6S/c1-25-16-7-6-11(8-13(16)18(20)21)17(19)23-10-12-9-22-14-4-2-3-5-15(14)24-12/h2-8,12H,9-10H2,1H3/t12-/m1/s1. The average molecular weight is 361 g/mol. The zero-order valence-electron chi connectivity index (χ0n) is 13.3. The van der Waals surface area contributed by atoms with Crippen LogP contribution in [0.3, 0.4) is 0 Å². The number of ether oxygens (including phenoxy) is 3. The van der Waals surface area contributed by atoms with Crippen LogP contribution in [-0.4, -0.2) is 36.5 Å². The number of hydrogen-bond donors (Lipinski definition) is 0. The van der Waals surface area contributed by atoms with Crippen molar-refractivity contribution in [3.05, 3.63) is 58.1 Å². The van der Waals surface area contributed by atoms with E-state index in [0.29, 0.717) is 16.4 Å². The van der Waals surface area contributed by atoms with Gasteiger partial charge in [0.2, 0.25) is 0 Å². The molecule has 0 radical (unpaired) electrons. The molecule has 130 valence electrons. The first kappa shape index (κ1) is 17.1. The Kier molecular flexibility index (Phi) is 5.08. The summed E-state index contributed by atoms with van der Waals surface area (Å²) in [6, 6.07) is 11.5. The molecular formula is C17H15NO6S. The van der Waals surface area contributed by atoms with E-state index >= 15 is 0 Å². The number of nitro benzene ring substituents is 1. The molecule has 0 bridgehead atoms. The van der Waals surface area contributed by atoms with Crippen LogP contribution in [-0.2, 0) is 4.74 Å². The van der Waals surface area contributed by atoms with Crippen molar-refractivity contribution in [3.8, 4) is 11.5 Å². The second-order valence-corrected chi connectivity index (χ2v) is 6.09. The van der Waals surface area contributed by atoms with E-state index in [9.17, 15) is 14.9 Å². The van der Waals surface area contributed by atoms with Crippen molar-refractivity contribution >= 4 is 23.4 Å². The number of rotatable bonds is 5. The molecule has 0 fully saturated rings. The summed E-state index contributed by atoms with van der Waals surface area (Å²) in [6.07, 6.45) is 1.30. The second-order valence-electron chi connectivity index (χ2n) is 5.24. The molecule has 25 heavy (non-hydrogen) atoms. The maximum atomic E-state index is 12.2. The molecule has 0 aliphatic carbocycles. The first-order valence-corrected chi connectivity index (χ1v) is 8.69. The van der Waals surface area contributed by atoms with Crippen LogP contribution in [0, 0.1) is 10.1 Å². The van der Waals surface area contributed by atoms with Crippen molar-refractivity contribution in [1.82, 2.24) is 0 Å². The number of esters is 1. The monoisotopic (exact) mass is 361 g/mol. The lowest BCUT2D eigenvalue weighted by Gasteiger charge is -2.26. The van der Waals surface area contributed by atoms with E-state index in [1.807, 2.05) is 12.1 Å². The molecule has 2 aromatic rings. The predicted octanol–water partition coefficient (Wildman–Crippen LogP) is 3.31. The highest BCUT2D eigenvalue weighted by Gasteiger charge is 2.23. The summed E-state index contributed by atoms with van der Waals surface area (Å²) in [5, 5.41) is 11.1. The van der Waals surface area contributed by atoms with Crippen LogP contribution in [0.2, 0.25) is 0 Å². The molecule has 1 aliphatic heterocycles. The quantitative estimate of drug-likeness (QED) is 0.349. The van der Waals surface area contributed by atoms with Gasteiger partial charge in [0.1, 0.15) is 13.2 Å². The molecular weight excluding hydrogens is 346 g/mol. The second kappa shape index (κ2) is 7.43. The third-order valence-electron chi connectivity index (χ3n) is 3.58. The van der Waals surface area contributed by atoms with Gasteiger partial charge in [-0.05, 0) is 30.5 Å². The van der Waals surface area contributed by atoms with Gasteiger partial charge in [0.15, 0.2) is 17.6 Å². The SMILES string of the molecule is CSc1ccc(C(=O)OC[C@H]2COc3ccccc3O2)cc1[N+](=O)[O-]. The first-order chi connectivity index (χ1) is 12.1. The van der Waals surface area contributed by atoms with E-state index in [4.69, 9.17) is 14.2 Å². The molecule has 7 nitrogen and oxygen atoms in total. The van der Waals surface area contributed by atoms with Gasteiger partial charge in [-0.1, -0.05) is 12.1 Å². The van der Waals surface area contributed by atoms with E-state index in [1.54, 1.807) is 18.4 Å². The number of para-hydroxylation sites is 2. The lowest BCUT2D eigenvalue weighted by atomic mass is 10.2. The molecule has 0 N–H and O–H groups in total. The van der Waals surface area contributed by atoms with Gasteiger partial charge in [-0.3, -0.25) is 10.1 Å². The van der Waals surface area contributed by atoms with Gasteiger partial charge in [0, 0.05) is 6.07 Å². The lowest BCUT2D eigenvalue weighted by Crippen LogP contribution is -2.34. The van der Waals surface area contributed by atoms with Crippen molar-refractivity contribution in [3.63, 3.8) is 0 Å². The van der Waals surface area contributed by atoms with E-state index in [-0.39, 0.29) is 24.5 Å². The summed E-state index contributed by atoms with van der Waals surface area (Å²) in [5.74, 6) is 0.598. The van der Waals surface area contributed by atoms with Crippen molar-refractivity contribution in [1.29, 1.82) is 0 Å². The summed E-state index contributed by atoms with van der Waals surface area (Å²) in [5.41, 5.74) is 0.00903. The van der Waals surface area contributed by atoms with Crippen molar-refractivity contribution < 1.29 is 23.9 Å². The van der Waals surface area contributed by atoms with E-state index < -0.39 is 17.0 Å². The number of carbonyl (C=O) groups is 1. The Labute approximate surface area is 148 Å². The van der Waals surface area contributed by atoms with Crippen LogP contribution >= 0.6 is 11.8 Å². The minimum atomic E-state index is -0.641. The third-order valence-corrected chi connectivity index (χ3v) is 4.36. The largest absolute Gasteiger partial charge is 0.486 e. The first-order valence-electron chi connectivity index (χ1n) is 7.46. The number of benzene rings is 2. The number of fused-ring (bicyclic) bond motifs is 1. The molecule has 2 aromatic carbocycles. The van der Waals surface area contributed by atoms with Crippen molar-refractivity contribution in [2.24, 2.45) is 0 Å². The van der Waals surface area contributed by atoms with Crippen molar-refractivity contribution in [2.45, 2.75) is 11.0 Å². The predicted molar refractivity (Wildman–Crippen MR) is 91.5 cm³/mol. The fourth-order valence-electron chi connectivity index (χ4n) is 2.36. The molecule has 1 atom stereocenters. The van der Waals surface area contributed by atoms with Gasteiger partial charge in [-0.25, -0.2) is 4.79 Å². The van der Waals surface area contributed by atoms with Gasteiger partial charge in [-0.15, -0.1) is 11.8 Å². The van der Waals surface area contributed by atoms with Crippen LogP contribution in [0.4, 0.5) is 5.69 Å². The zero-order valence-corrected chi connectivity index (χ0v) is 14.2. The zero-order chi connectivity index (χ0) is 17.8. The molecule has 8 heteroatoms. The van der Waals surface area contributed by atoms with E-state index in [0.717, 1.165) is 0 Å². The Hall–Kier alpha value is -2.74. The van der Waals surface area contributed by atoms with Gasteiger partial charge in [0.05, 0.1) is 15.4 Å². The number of nitrogens with zero attached hydrogens (tertiary/aromatic N) is 1. The Bertz CT molecular complexity index is 809. The van der Waals surface area contributed by atoms with Crippen LogP contribution in [0.25, 0.3) is 0 Å². The normalized spacial score (nSPS) is 15.5. The summed E-state index contributed by atoms with van der Waals surface area (Å²) < 4.78 is 16.5. The van der Waals surface area contributed by atoms with Gasteiger partial charge in [-0.2, -0.15) is 0 Å². The van der Waals surface area contributed by atoms with E-state index in [1.165, 1.54) is 30.0 Å². The number of hydrogen-bond acceptors (Lipinski definition) is 7. The minimum absolute atomic E-state index is 0.00869. The molecule has 0 aromatic heterocycles. The molecule has 0 amide bonds. The smallest absolute Gasteiger partial charge is 0.338 e. The van der Waals surface area contributed by atoms with Crippen LogP contribution in [0.1, 0.15) is 10.4 Å². The maximum Gasteiger partial charge on any atom is 0.338 e. The van der Waals surface area contributed by atoms with Crippen LogP contribution in [0.5, 0.6) is 11.5 Å². The minimum Gasteiger partial charge on any atom is -0.486 e. The highest BCUT2D eigenvalue weighted by molar-refractivity contribution is 7.98. The number of thioether (sulfide) groups is 1. The molecule has 1 aliphatic rings. The van der Waals surface area contributed by atoms with Gasteiger partial charge < -0.3 is 14.2 Å². The molecule has 0 unspecified atom stereocenters. The topological polar surface area (TPSA) is 87.9 Å². The molecule has 0 spiro atoms. The Morgan fingerprint density at radius 3 is 2.80 bits per heavy atom. The average Bonchev–Trinajstić information content (AvgIpc) is 2.65. The molecule has 0 saturated heterocycles. The van der Waals surface area contributed by atoms with Gasteiger partial charge >= 0.3 is 5.97 Å². The van der Waals surface area contributed by atoms with Crippen LogP contribution in [0.15, 0.2) is 47.4 Å². The maximum absolute atomic E-state index is 12.2. The lowest BCUT2D eigenvalue weighted by molar-refractivity contribution is -0.387. The summed E-state index contributed by atoms with van der Waals surface area (Å²) in [6.45, 7) is 0.251.